The van der Waals surface area contributed by atoms with Gasteiger partial charge < -0.3 is 15.7 Å². The van der Waals surface area contributed by atoms with Gasteiger partial charge in [0.15, 0.2) is 0 Å². The molecule has 108 valence electrons. The summed E-state index contributed by atoms with van der Waals surface area (Å²) in [6.07, 6.45) is 3.19. The molecule has 0 fully saturated rings. The SMILES string of the molecule is Cc1ccncc1NC(=O)Nc1ccc(C(=O)O)cc1Br. The van der Waals surface area contributed by atoms with Crippen LogP contribution in [0.1, 0.15) is 15.9 Å². The smallest absolute Gasteiger partial charge is 0.335 e. The lowest BCUT2D eigenvalue weighted by atomic mass is 10.2. The second-order valence-corrected chi connectivity index (χ2v) is 5.12. The molecular formula is C14H12BrN3O3. The average Bonchev–Trinajstić information content (AvgIpc) is 2.43. The molecule has 0 aliphatic rings. The number of halogens is 1. The summed E-state index contributed by atoms with van der Waals surface area (Å²) in [4.78, 5) is 26.7. The zero-order valence-electron chi connectivity index (χ0n) is 11.1. The minimum atomic E-state index is -1.03. The Hall–Kier alpha value is -2.41. The first kappa shape index (κ1) is 15.0. The van der Waals surface area contributed by atoms with Gasteiger partial charge in [-0.05, 0) is 52.7 Å². The molecule has 21 heavy (non-hydrogen) atoms. The molecule has 1 aromatic heterocycles. The molecule has 6 nitrogen and oxygen atoms in total. The number of aromatic nitrogens is 1. The van der Waals surface area contributed by atoms with Crippen molar-refractivity contribution in [2.75, 3.05) is 10.6 Å². The molecule has 2 aromatic rings. The van der Waals surface area contributed by atoms with E-state index in [0.29, 0.717) is 15.8 Å². The Balaban J connectivity index is 2.10. The number of aryl methyl sites for hydroxylation is 1. The molecular weight excluding hydrogens is 338 g/mol. The second-order valence-electron chi connectivity index (χ2n) is 4.27. The molecule has 1 aromatic carbocycles. The third-order valence-electron chi connectivity index (χ3n) is 2.75. The number of carbonyl (C=O) groups is 2. The Bertz CT molecular complexity index is 704. The van der Waals surface area contributed by atoms with E-state index in [2.05, 4.69) is 31.5 Å². The van der Waals surface area contributed by atoms with E-state index in [1.54, 1.807) is 18.5 Å². The third kappa shape index (κ3) is 3.79. The topological polar surface area (TPSA) is 91.3 Å². The van der Waals surface area contributed by atoms with E-state index in [4.69, 9.17) is 5.11 Å². The quantitative estimate of drug-likeness (QED) is 0.790. The molecule has 0 saturated heterocycles. The predicted octanol–water partition coefficient (Wildman–Crippen LogP) is 3.49. The summed E-state index contributed by atoms with van der Waals surface area (Å²) >= 11 is 3.23. The molecule has 1 heterocycles. The zero-order valence-corrected chi connectivity index (χ0v) is 12.6. The molecule has 0 spiro atoms. The highest BCUT2D eigenvalue weighted by molar-refractivity contribution is 9.10. The molecule has 3 N–H and O–H groups in total. The van der Waals surface area contributed by atoms with Crippen LogP contribution in [-0.4, -0.2) is 22.1 Å². The summed E-state index contributed by atoms with van der Waals surface area (Å²) in [6.45, 7) is 1.86. The van der Waals surface area contributed by atoms with E-state index in [1.807, 2.05) is 6.92 Å². The number of hydrogen-bond donors (Lipinski definition) is 3. The highest BCUT2D eigenvalue weighted by Crippen LogP contribution is 2.24. The van der Waals surface area contributed by atoms with E-state index in [9.17, 15) is 9.59 Å². The highest BCUT2D eigenvalue weighted by Gasteiger charge is 2.10. The molecule has 2 amide bonds. The van der Waals surface area contributed by atoms with E-state index in [0.717, 1.165) is 5.56 Å². The van der Waals surface area contributed by atoms with Crippen LogP contribution < -0.4 is 10.6 Å². The lowest BCUT2D eigenvalue weighted by Crippen LogP contribution is -2.20. The maximum atomic E-state index is 11.9. The van der Waals surface area contributed by atoms with Gasteiger partial charge in [-0.25, -0.2) is 9.59 Å². The van der Waals surface area contributed by atoms with E-state index in [1.165, 1.54) is 18.2 Å². The largest absolute Gasteiger partial charge is 0.478 e. The lowest BCUT2D eigenvalue weighted by Gasteiger charge is -2.10. The van der Waals surface area contributed by atoms with Crippen molar-refractivity contribution in [3.05, 3.63) is 52.3 Å². The van der Waals surface area contributed by atoms with Crippen LogP contribution >= 0.6 is 15.9 Å². The molecule has 0 radical (unpaired) electrons. The van der Waals surface area contributed by atoms with Gasteiger partial charge in [0.05, 0.1) is 23.1 Å². The fourth-order valence-corrected chi connectivity index (χ4v) is 2.10. The minimum Gasteiger partial charge on any atom is -0.478 e. The van der Waals surface area contributed by atoms with Crippen molar-refractivity contribution in [2.45, 2.75) is 6.92 Å². The number of nitrogens with one attached hydrogen (secondary N) is 2. The van der Waals surface area contributed by atoms with Gasteiger partial charge in [0.2, 0.25) is 0 Å². The Morgan fingerprint density at radius 3 is 2.52 bits per heavy atom. The van der Waals surface area contributed by atoms with E-state index >= 15 is 0 Å². The molecule has 0 aliphatic carbocycles. The number of carbonyl (C=O) groups excluding carboxylic acids is 1. The number of carboxylic acid groups (broad SMARTS) is 1. The summed E-state index contributed by atoms with van der Waals surface area (Å²) in [6, 6.07) is 5.71. The van der Waals surface area contributed by atoms with Crippen molar-refractivity contribution in [3.63, 3.8) is 0 Å². The summed E-state index contributed by atoms with van der Waals surface area (Å²) < 4.78 is 0.487. The lowest BCUT2D eigenvalue weighted by molar-refractivity contribution is 0.0697. The summed E-state index contributed by atoms with van der Waals surface area (Å²) in [7, 11) is 0. The monoisotopic (exact) mass is 349 g/mol. The molecule has 2 rings (SSSR count). The van der Waals surface area contributed by atoms with Crippen LogP contribution in [0.3, 0.4) is 0 Å². The number of nitrogens with zero attached hydrogens (tertiary/aromatic N) is 1. The van der Waals surface area contributed by atoms with E-state index < -0.39 is 12.0 Å². The van der Waals surface area contributed by atoms with Crippen LogP contribution in [0, 0.1) is 6.92 Å². The Labute approximate surface area is 129 Å². The van der Waals surface area contributed by atoms with Crippen LogP contribution in [0.4, 0.5) is 16.2 Å². The predicted molar refractivity (Wildman–Crippen MR) is 82.7 cm³/mol. The Kier molecular flexibility index (Phi) is 4.54. The standard InChI is InChI=1S/C14H12BrN3O3/c1-8-4-5-16-7-12(8)18-14(21)17-11-3-2-9(13(19)20)6-10(11)15/h2-7H,1H3,(H,19,20)(H2,17,18,21). The van der Waals surface area contributed by atoms with Crippen LogP contribution in [0.5, 0.6) is 0 Å². The molecule has 0 unspecified atom stereocenters. The van der Waals surface area contributed by atoms with Crippen LogP contribution in [-0.2, 0) is 0 Å². The van der Waals surface area contributed by atoms with Crippen molar-refractivity contribution in [3.8, 4) is 0 Å². The van der Waals surface area contributed by atoms with Gasteiger partial charge in [-0.1, -0.05) is 0 Å². The fourth-order valence-electron chi connectivity index (χ4n) is 1.62. The number of anilines is 2. The van der Waals surface area contributed by atoms with Crippen molar-refractivity contribution < 1.29 is 14.7 Å². The first-order valence-electron chi connectivity index (χ1n) is 5.99. The van der Waals surface area contributed by atoms with Crippen molar-refractivity contribution in [2.24, 2.45) is 0 Å². The average molecular weight is 350 g/mol. The van der Waals surface area contributed by atoms with Crippen molar-refractivity contribution >= 4 is 39.3 Å². The summed E-state index contributed by atoms with van der Waals surface area (Å²) in [5, 5.41) is 14.2. The van der Waals surface area contributed by atoms with Crippen LogP contribution in [0.2, 0.25) is 0 Å². The van der Waals surface area contributed by atoms with Gasteiger partial charge in [0, 0.05) is 10.7 Å². The first-order valence-corrected chi connectivity index (χ1v) is 6.78. The highest BCUT2D eigenvalue weighted by atomic mass is 79.9. The van der Waals surface area contributed by atoms with E-state index in [-0.39, 0.29) is 5.56 Å². The molecule has 0 aliphatic heterocycles. The third-order valence-corrected chi connectivity index (χ3v) is 3.41. The zero-order chi connectivity index (χ0) is 15.4. The van der Waals surface area contributed by atoms with Crippen molar-refractivity contribution in [1.82, 2.24) is 4.98 Å². The first-order chi connectivity index (χ1) is 9.97. The summed E-state index contributed by atoms with van der Waals surface area (Å²) in [5.41, 5.74) is 2.10. The Morgan fingerprint density at radius 2 is 1.90 bits per heavy atom. The summed E-state index contributed by atoms with van der Waals surface area (Å²) in [5.74, 6) is -1.03. The number of urea groups is 1. The number of aromatic carboxylic acids is 1. The van der Waals surface area contributed by atoms with Crippen LogP contribution in [0.25, 0.3) is 0 Å². The molecule has 0 bridgehead atoms. The normalized spacial score (nSPS) is 10.0. The molecule has 0 atom stereocenters. The Morgan fingerprint density at radius 1 is 1.19 bits per heavy atom. The van der Waals surface area contributed by atoms with Gasteiger partial charge in [0.25, 0.3) is 0 Å². The van der Waals surface area contributed by atoms with Crippen molar-refractivity contribution in [1.29, 1.82) is 0 Å². The molecule has 0 saturated carbocycles. The minimum absolute atomic E-state index is 0.135. The fraction of sp³-hybridized carbons (Fsp3) is 0.0714. The molecule has 7 heteroatoms. The number of hydrogen-bond acceptors (Lipinski definition) is 3. The maximum absolute atomic E-state index is 11.9. The second kappa shape index (κ2) is 6.36. The van der Waals surface area contributed by atoms with Crippen LogP contribution in [0.15, 0.2) is 41.1 Å². The van der Waals surface area contributed by atoms with Gasteiger partial charge in [-0.15, -0.1) is 0 Å². The maximum Gasteiger partial charge on any atom is 0.335 e. The van der Waals surface area contributed by atoms with Gasteiger partial charge in [-0.3, -0.25) is 4.98 Å². The van der Waals surface area contributed by atoms with Gasteiger partial charge in [0.1, 0.15) is 0 Å². The van der Waals surface area contributed by atoms with Gasteiger partial charge in [-0.2, -0.15) is 0 Å². The number of carboxylic acids is 1. The van der Waals surface area contributed by atoms with Gasteiger partial charge >= 0.3 is 12.0 Å². The number of benzene rings is 1. The number of rotatable bonds is 3. The number of pyridine rings is 1. The number of amides is 2.